The van der Waals surface area contributed by atoms with Crippen molar-refractivity contribution >= 4 is 45.2 Å². The van der Waals surface area contributed by atoms with Crippen molar-refractivity contribution in [3.05, 3.63) is 171 Å². The Morgan fingerprint density at radius 1 is 0.655 bits per heavy atom. The maximum absolute atomic E-state index is 12.1. The molecule has 6 aromatic carbocycles. The number of ether oxygens (including phenoxy) is 1. The highest BCUT2D eigenvalue weighted by molar-refractivity contribution is 5.97. The van der Waals surface area contributed by atoms with Crippen molar-refractivity contribution in [1.29, 1.82) is 0 Å². The predicted molar refractivity (Wildman–Crippen MR) is 234 cm³/mol. The van der Waals surface area contributed by atoms with E-state index in [1.807, 2.05) is 6.92 Å². The van der Waals surface area contributed by atoms with Crippen LogP contribution < -0.4 is 15.1 Å². The minimum Gasteiger partial charge on any atom is -0.460 e. The zero-order valence-electron chi connectivity index (χ0n) is 34.2. The van der Waals surface area contributed by atoms with Gasteiger partial charge in [-0.2, -0.15) is 0 Å². The normalized spacial score (nSPS) is 11.8. The molecule has 0 aliphatic rings. The summed E-state index contributed by atoms with van der Waals surface area (Å²) in [6.07, 6.45) is 0. The van der Waals surface area contributed by atoms with Gasteiger partial charge in [0.05, 0.1) is 6.04 Å². The van der Waals surface area contributed by atoms with Gasteiger partial charge in [-0.25, -0.2) is 4.79 Å². The number of carbonyl (C=O) groups excluding carboxylic acids is 1. The molecule has 0 aliphatic heterocycles. The molecule has 0 saturated heterocycles. The van der Waals surface area contributed by atoms with Gasteiger partial charge in [0.2, 0.25) is 0 Å². The van der Waals surface area contributed by atoms with Crippen LogP contribution in [0.5, 0.6) is 0 Å². The second kappa shape index (κ2) is 16.3. The summed E-state index contributed by atoms with van der Waals surface area (Å²) in [6, 6.07) is 40.0. The van der Waals surface area contributed by atoms with Gasteiger partial charge in [-0.05, 0) is 130 Å². The van der Waals surface area contributed by atoms with Gasteiger partial charge >= 0.3 is 5.97 Å². The average molecular weight is 730 g/mol. The fourth-order valence-electron chi connectivity index (χ4n) is 8.32. The van der Waals surface area contributed by atoms with E-state index >= 15 is 0 Å². The van der Waals surface area contributed by atoms with E-state index in [1.165, 1.54) is 66.8 Å². The summed E-state index contributed by atoms with van der Waals surface area (Å²) in [7, 11) is 4.31. The Kier molecular flexibility index (Phi) is 11.5. The molecule has 0 saturated carbocycles. The summed E-state index contributed by atoms with van der Waals surface area (Å²) >= 11 is 0. The van der Waals surface area contributed by atoms with Crippen LogP contribution in [-0.2, 0) is 9.53 Å². The quantitative estimate of drug-likeness (QED) is 0.0772. The van der Waals surface area contributed by atoms with Crippen LogP contribution in [0.2, 0.25) is 0 Å². The number of nitrogens with zero attached hydrogens (tertiary/aromatic N) is 2. The Morgan fingerprint density at radius 3 is 1.53 bits per heavy atom. The number of hydrogen-bond donors (Lipinski definition) is 1. The van der Waals surface area contributed by atoms with E-state index in [0.29, 0.717) is 5.57 Å². The zero-order valence-corrected chi connectivity index (χ0v) is 34.2. The highest BCUT2D eigenvalue weighted by atomic mass is 16.5. The third-order valence-corrected chi connectivity index (χ3v) is 10.7. The second-order valence-electron chi connectivity index (χ2n) is 15.4. The maximum atomic E-state index is 12.1. The molecule has 0 bridgehead atoms. The van der Waals surface area contributed by atoms with Gasteiger partial charge in [-0.1, -0.05) is 96.6 Å². The molecule has 0 radical (unpaired) electrons. The van der Waals surface area contributed by atoms with Crippen LogP contribution in [0.15, 0.2) is 121 Å². The van der Waals surface area contributed by atoms with E-state index in [9.17, 15) is 4.79 Å². The number of esters is 1. The lowest BCUT2D eigenvalue weighted by Crippen LogP contribution is -2.24. The van der Waals surface area contributed by atoms with Crippen LogP contribution >= 0.6 is 0 Å². The van der Waals surface area contributed by atoms with Crippen LogP contribution in [0.25, 0.3) is 10.8 Å². The molecule has 1 unspecified atom stereocenters. The van der Waals surface area contributed by atoms with E-state index < -0.39 is 0 Å². The molecule has 55 heavy (non-hydrogen) atoms. The molecule has 0 aromatic heterocycles. The van der Waals surface area contributed by atoms with Crippen molar-refractivity contribution in [3.63, 3.8) is 0 Å². The van der Waals surface area contributed by atoms with Gasteiger partial charge in [0.25, 0.3) is 0 Å². The topological polar surface area (TPSA) is 44.8 Å². The molecular weight excluding hydrogens is 675 g/mol. The lowest BCUT2D eigenvalue weighted by molar-refractivity contribution is -0.139. The number of fused-ring (bicyclic) bond motifs is 1. The summed E-state index contributed by atoms with van der Waals surface area (Å²) in [5.41, 5.74) is 17.5. The molecule has 0 spiro atoms. The summed E-state index contributed by atoms with van der Waals surface area (Å²) in [6.45, 7) is 20.7. The van der Waals surface area contributed by atoms with Crippen molar-refractivity contribution in [1.82, 2.24) is 0 Å². The zero-order chi connectivity index (χ0) is 39.6. The third-order valence-electron chi connectivity index (χ3n) is 10.7. The van der Waals surface area contributed by atoms with Gasteiger partial charge in [0.1, 0.15) is 6.61 Å². The lowest BCUT2D eigenvalue weighted by Gasteiger charge is -2.27. The molecule has 1 atom stereocenters. The molecule has 0 amide bonds. The average Bonchev–Trinajstić information content (AvgIpc) is 3.14. The van der Waals surface area contributed by atoms with Crippen LogP contribution in [0.1, 0.15) is 69.8 Å². The van der Waals surface area contributed by atoms with E-state index in [0.717, 1.165) is 22.4 Å². The molecule has 1 N–H and O–H groups in total. The Labute approximate surface area is 328 Å². The Bertz CT molecular complexity index is 2200. The van der Waals surface area contributed by atoms with Crippen LogP contribution in [-0.4, -0.2) is 32.7 Å². The smallest absolute Gasteiger partial charge is 0.333 e. The molecule has 5 nitrogen and oxygen atoms in total. The van der Waals surface area contributed by atoms with Crippen molar-refractivity contribution < 1.29 is 9.53 Å². The first-order valence-corrected chi connectivity index (χ1v) is 19.2. The highest BCUT2D eigenvalue weighted by Gasteiger charge is 2.22. The SMILES string of the molecule is C=C(C)C(=O)OCC(C)Nc1ccc(C(c2ccc(N(C)c3c(C)cc(C)cc3C)cc2)c2ccc(N(C)c3c(C)cc(C)cc3C)cc2)c2ccccc12. The molecular formula is C50H55N3O2. The minimum absolute atomic E-state index is 0.0303. The minimum atomic E-state index is -0.376. The van der Waals surface area contributed by atoms with Crippen molar-refractivity contribution in [2.75, 3.05) is 35.8 Å². The highest BCUT2D eigenvalue weighted by Crippen LogP contribution is 2.41. The monoisotopic (exact) mass is 729 g/mol. The largest absolute Gasteiger partial charge is 0.460 e. The first-order chi connectivity index (χ1) is 26.2. The number of aryl methyl sites for hydroxylation is 6. The number of rotatable bonds is 12. The van der Waals surface area contributed by atoms with Crippen molar-refractivity contribution in [3.8, 4) is 0 Å². The van der Waals surface area contributed by atoms with Crippen molar-refractivity contribution in [2.24, 2.45) is 0 Å². The van der Waals surface area contributed by atoms with Gasteiger partial charge < -0.3 is 19.9 Å². The fraction of sp³-hybridized carbons (Fsp3) is 0.260. The Morgan fingerprint density at radius 2 is 1.09 bits per heavy atom. The maximum Gasteiger partial charge on any atom is 0.333 e. The third kappa shape index (κ3) is 8.32. The van der Waals surface area contributed by atoms with Gasteiger partial charge in [0.15, 0.2) is 0 Å². The Hall–Kier alpha value is -5.81. The molecule has 6 rings (SSSR count). The standard InChI is InChI=1S/C50H55N3O2/c1-31(2)50(54)55-30-38(9)51-46-25-24-45(43-14-12-13-15-44(43)46)47(39-16-20-41(21-17-39)52(10)48-34(5)26-32(3)27-35(48)6)40-18-22-42(23-19-40)53(11)49-36(7)28-33(4)29-37(49)8/h12-29,38,47,51H,1,30H2,2-11H3. The number of carbonyl (C=O) groups is 1. The van der Waals surface area contributed by atoms with E-state index in [2.05, 4.69) is 187 Å². The van der Waals surface area contributed by atoms with Crippen molar-refractivity contribution in [2.45, 2.75) is 67.3 Å². The first kappa shape index (κ1) is 38.9. The fourth-order valence-corrected chi connectivity index (χ4v) is 8.32. The molecule has 5 heteroatoms. The number of hydrogen-bond acceptors (Lipinski definition) is 5. The van der Waals surface area contributed by atoms with E-state index in [1.54, 1.807) is 6.92 Å². The summed E-state index contributed by atoms with van der Waals surface area (Å²) < 4.78 is 5.46. The number of nitrogens with one attached hydrogen (secondary N) is 1. The summed E-state index contributed by atoms with van der Waals surface area (Å²) in [4.78, 5) is 16.7. The summed E-state index contributed by atoms with van der Waals surface area (Å²) in [5.74, 6) is -0.406. The van der Waals surface area contributed by atoms with E-state index in [-0.39, 0.29) is 24.5 Å². The molecule has 0 fully saturated rings. The molecule has 0 heterocycles. The number of anilines is 5. The molecule has 6 aromatic rings. The van der Waals surface area contributed by atoms with Gasteiger partial charge in [-0.15, -0.1) is 0 Å². The van der Waals surface area contributed by atoms with E-state index in [4.69, 9.17) is 4.74 Å². The summed E-state index contributed by atoms with van der Waals surface area (Å²) in [5, 5.41) is 5.89. The molecule has 0 aliphatic carbocycles. The Balaban J connectivity index is 1.41. The second-order valence-corrected chi connectivity index (χ2v) is 15.4. The molecule has 282 valence electrons. The number of benzene rings is 6. The van der Waals surface area contributed by atoms with Gasteiger partial charge in [0, 0.05) is 59.4 Å². The van der Waals surface area contributed by atoms with Crippen LogP contribution in [0.4, 0.5) is 28.4 Å². The van der Waals surface area contributed by atoms with Crippen LogP contribution in [0.3, 0.4) is 0 Å². The van der Waals surface area contributed by atoms with Crippen LogP contribution in [0, 0.1) is 41.5 Å². The van der Waals surface area contributed by atoms with Gasteiger partial charge in [-0.3, -0.25) is 0 Å². The lowest BCUT2D eigenvalue weighted by atomic mass is 9.82. The predicted octanol–water partition coefficient (Wildman–Crippen LogP) is 12.3. The first-order valence-electron chi connectivity index (χ1n) is 19.2.